The Morgan fingerprint density at radius 2 is 1.90 bits per heavy atom. The second-order valence-corrected chi connectivity index (χ2v) is 8.44. The SMILES string of the molecule is O=C(NCc1ccc(-c2nc3ccccc3s2)o1)N1CCN(c2cccc(O)c2)CC1. The zero-order valence-electron chi connectivity index (χ0n) is 16.8. The Labute approximate surface area is 183 Å². The molecule has 1 aliphatic rings. The van der Waals surface area contributed by atoms with Gasteiger partial charge in [0.15, 0.2) is 10.8 Å². The van der Waals surface area contributed by atoms with Gasteiger partial charge in [0.25, 0.3) is 0 Å². The summed E-state index contributed by atoms with van der Waals surface area (Å²) < 4.78 is 7.02. The van der Waals surface area contributed by atoms with Gasteiger partial charge in [0.1, 0.15) is 11.5 Å². The summed E-state index contributed by atoms with van der Waals surface area (Å²) in [5.41, 5.74) is 1.93. The monoisotopic (exact) mass is 434 g/mol. The first-order valence-corrected chi connectivity index (χ1v) is 11.0. The van der Waals surface area contributed by atoms with Gasteiger partial charge in [-0.05, 0) is 36.4 Å². The fourth-order valence-corrected chi connectivity index (χ4v) is 4.62. The van der Waals surface area contributed by atoms with Crippen LogP contribution in [0.2, 0.25) is 0 Å². The molecule has 3 heterocycles. The van der Waals surface area contributed by atoms with Crippen molar-refractivity contribution in [3.63, 3.8) is 0 Å². The Hall–Kier alpha value is -3.52. The molecule has 7 nitrogen and oxygen atoms in total. The van der Waals surface area contributed by atoms with Crippen LogP contribution in [-0.2, 0) is 6.54 Å². The lowest BCUT2D eigenvalue weighted by molar-refractivity contribution is 0.193. The fraction of sp³-hybridized carbons (Fsp3) is 0.217. The number of anilines is 1. The maximum absolute atomic E-state index is 12.6. The fourth-order valence-electron chi connectivity index (χ4n) is 3.70. The van der Waals surface area contributed by atoms with Crippen LogP contribution in [0.15, 0.2) is 65.1 Å². The van der Waals surface area contributed by atoms with E-state index in [0.717, 1.165) is 34.0 Å². The molecule has 0 aliphatic carbocycles. The normalized spacial score (nSPS) is 14.2. The number of para-hydroxylation sites is 1. The van der Waals surface area contributed by atoms with Crippen LogP contribution in [0, 0.1) is 0 Å². The van der Waals surface area contributed by atoms with Crippen molar-refractivity contribution in [2.75, 3.05) is 31.1 Å². The maximum atomic E-state index is 12.6. The Bertz CT molecular complexity index is 1180. The van der Waals surface area contributed by atoms with Crippen LogP contribution in [0.4, 0.5) is 10.5 Å². The number of carbonyl (C=O) groups is 1. The van der Waals surface area contributed by atoms with Gasteiger partial charge in [-0.25, -0.2) is 9.78 Å². The molecule has 4 aromatic rings. The summed E-state index contributed by atoms with van der Waals surface area (Å²) in [6.07, 6.45) is 0. The van der Waals surface area contributed by atoms with Crippen LogP contribution in [0.25, 0.3) is 21.0 Å². The molecule has 0 atom stereocenters. The number of aromatic hydroxyl groups is 1. The Morgan fingerprint density at radius 1 is 1.06 bits per heavy atom. The molecule has 0 saturated carbocycles. The van der Waals surface area contributed by atoms with Crippen molar-refractivity contribution in [2.24, 2.45) is 0 Å². The molecule has 2 aromatic heterocycles. The quantitative estimate of drug-likeness (QED) is 0.501. The second-order valence-electron chi connectivity index (χ2n) is 7.41. The molecule has 0 unspecified atom stereocenters. The van der Waals surface area contributed by atoms with Gasteiger partial charge >= 0.3 is 6.03 Å². The van der Waals surface area contributed by atoms with E-state index in [1.807, 2.05) is 48.5 Å². The molecular formula is C23H22N4O3S. The first kappa shape index (κ1) is 19.4. The number of rotatable bonds is 4. The molecule has 2 N–H and O–H groups in total. The van der Waals surface area contributed by atoms with Gasteiger partial charge in [0, 0.05) is 37.9 Å². The Morgan fingerprint density at radius 3 is 2.71 bits per heavy atom. The number of benzene rings is 2. The topological polar surface area (TPSA) is 81.8 Å². The molecule has 0 spiro atoms. The third kappa shape index (κ3) is 4.20. The van der Waals surface area contributed by atoms with Gasteiger partial charge in [0.2, 0.25) is 0 Å². The minimum atomic E-state index is -0.103. The lowest BCUT2D eigenvalue weighted by Crippen LogP contribution is -2.51. The number of urea groups is 1. The third-order valence-corrected chi connectivity index (χ3v) is 6.39. The van der Waals surface area contributed by atoms with Crippen molar-refractivity contribution in [2.45, 2.75) is 6.54 Å². The van der Waals surface area contributed by atoms with E-state index in [-0.39, 0.29) is 11.8 Å². The number of nitrogens with one attached hydrogen (secondary N) is 1. The van der Waals surface area contributed by atoms with Gasteiger partial charge in [-0.15, -0.1) is 11.3 Å². The van der Waals surface area contributed by atoms with Crippen molar-refractivity contribution < 1.29 is 14.3 Å². The zero-order chi connectivity index (χ0) is 21.2. The Kier molecular flexibility index (Phi) is 5.21. The molecule has 0 bridgehead atoms. The van der Waals surface area contributed by atoms with E-state index in [1.54, 1.807) is 28.4 Å². The van der Waals surface area contributed by atoms with Crippen molar-refractivity contribution >= 4 is 33.3 Å². The summed E-state index contributed by atoms with van der Waals surface area (Å²) >= 11 is 1.59. The van der Waals surface area contributed by atoms with E-state index in [4.69, 9.17) is 4.42 Å². The number of phenolic OH excluding ortho intramolecular Hbond substituents is 1. The van der Waals surface area contributed by atoms with Gasteiger partial charge in [0.05, 0.1) is 16.8 Å². The Balaban J connectivity index is 1.15. The van der Waals surface area contributed by atoms with Crippen molar-refractivity contribution in [3.8, 4) is 16.5 Å². The van der Waals surface area contributed by atoms with Gasteiger partial charge in [-0.3, -0.25) is 0 Å². The van der Waals surface area contributed by atoms with E-state index < -0.39 is 0 Å². The minimum absolute atomic E-state index is 0.103. The highest BCUT2D eigenvalue weighted by Crippen LogP contribution is 2.31. The van der Waals surface area contributed by atoms with Crippen LogP contribution >= 0.6 is 11.3 Å². The number of piperazine rings is 1. The summed E-state index contributed by atoms with van der Waals surface area (Å²) in [6, 6.07) is 18.9. The van der Waals surface area contributed by atoms with Crippen molar-refractivity contribution in [1.82, 2.24) is 15.2 Å². The summed E-state index contributed by atoms with van der Waals surface area (Å²) in [7, 11) is 0. The van der Waals surface area contributed by atoms with Crippen LogP contribution in [0.3, 0.4) is 0 Å². The van der Waals surface area contributed by atoms with Crippen molar-refractivity contribution in [1.29, 1.82) is 0 Å². The van der Waals surface area contributed by atoms with Crippen LogP contribution in [-0.4, -0.2) is 47.2 Å². The number of carbonyl (C=O) groups excluding carboxylic acids is 1. The number of hydrogen-bond donors (Lipinski definition) is 2. The lowest BCUT2D eigenvalue weighted by Gasteiger charge is -2.36. The first-order chi connectivity index (χ1) is 15.2. The summed E-state index contributed by atoms with van der Waals surface area (Å²) in [4.78, 5) is 21.1. The zero-order valence-corrected chi connectivity index (χ0v) is 17.6. The van der Waals surface area contributed by atoms with Gasteiger partial charge in [-0.2, -0.15) is 0 Å². The van der Waals surface area contributed by atoms with E-state index in [0.29, 0.717) is 31.2 Å². The second kappa shape index (κ2) is 8.31. The number of nitrogens with zero attached hydrogens (tertiary/aromatic N) is 3. The van der Waals surface area contributed by atoms with Gasteiger partial charge in [-0.1, -0.05) is 18.2 Å². The summed E-state index contributed by atoms with van der Waals surface area (Å²) in [5.74, 6) is 1.66. The number of furan rings is 1. The highest BCUT2D eigenvalue weighted by Gasteiger charge is 2.21. The molecule has 158 valence electrons. The summed E-state index contributed by atoms with van der Waals surface area (Å²) in [5, 5.41) is 13.4. The minimum Gasteiger partial charge on any atom is -0.508 e. The first-order valence-electron chi connectivity index (χ1n) is 10.2. The molecule has 1 fully saturated rings. The molecule has 8 heteroatoms. The highest BCUT2D eigenvalue weighted by molar-refractivity contribution is 7.21. The molecule has 1 saturated heterocycles. The average Bonchev–Trinajstić information content (AvgIpc) is 3.44. The number of aromatic nitrogens is 1. The van der Waals surface area contributed by atoms with Crippen LogP contribution in [0.5, 0.6) is 5.75 Å². The van der Waals surface area contributed by atoms with E-state index >= 15 is 0 Å². The predicted octanol–water partition coefficient (Wildman–Crippen LogP) is 4.29. The largest absolute Gasteiger partial charge is 0.508 e. The van der Waals surface area contributed by atoms with Crippen molar-refractivity contribution in [3.05, 3.63) is 66.4 Å². The number of amides is 2. The predicted molar refractivity (Wildman–Crippen MR) is 121 cm³/mol. The maximum Gasteiger partial charge on any atom is 0.317 e. The van der Waals surface area contributed by atoms with Crippen LogP contribution < -0.4 is 10.2 Å². The van der Waals surface area contributed by atoms with E-state index in [1.165, 1.54) is 0 Å². The number of phenols is 1. The number of thiazole rings is 1. The molecule has 5 rings (SSSR count). The third-order valence-electron chi connectivity index (χ3n) is 5.34. The van der Waals surface area contributed by atoms with Gasteiger partial charge < -0.3 is 24.6 Å². The molecule has 2 amide bonds. The van der Waals surface area contributed by atoms with Crippen LogP contribution in [0.1, 0.15) is 5.76 Å². The molecule has 0 radical (unpaired) electrons. The molecule has 2 aromatic carbocycles. The van der Waals surface area contributed by atoms with E-state index in [9.17, 15) is 9.90 Å². The summed E-state index contributed by atoms with van der Waals surface area (Å²) in [6.45, 7) is 3.02. The lowest BCUT2D eigenvalue weighted by atomic mass is 10.2. The molecular weight excluding hydrogens is 412 g/mol. The number of hydrogen-bond acceptors (Lipinski definition) is 6. The number of fused-ring (bicyclic) bond motifs is 1. The highest BCUT2D eigenvalue weighted by atomic mass is 32.1. The molecule has 1 aliphatic heterocycles. The smallest absolute Gasteiger partial charge is 0.317 e. The van der Waals surface area contributed by atoms with E-state index in [2.05, 4.69) is 15.2 Å². The standard InChI is InChI=1S/C23H22N4O3S/c28-17-5-3-4-16(14-17)26-10-12-27(13-11-26)23(29)24-15-18-8-9-20(30-18)22-25-19-6-1-2-7-21(19)31-22/h1-9,14,28H,10-13,15H2,(H,24,29). The average molecular weight is 435 g/mol. The molecule has 31 heavy (non-hydrogen) atoms.